The molecule has 102 valence electrons. The molecule has 8 nitrogen and oxygen atoms in total. The van der Waals surface area contributed by atoms with Crippen LogP contribution in [0.25, 0.3) is 0 Å². The Bertz CT molecular complexity index is 540. The van der Waals surface area contributed by atoms with Crippen molar-refractivity contribution < 1.29 is 29.8 Å². The molecular weight excluding hydrogens is 258 g/mol. The second-order valence-electron chi connectivity index (χ2n) is 3.81. The lowest BCUT2D eigenvalue weighted by Gasteiger charge is -2.14. The lowest BCUT2D eigenvalue weighted by atomic mass is 9.99. The molecule has 0 aliphatic carbocycles. The smallest absolute Gasteiger partial charge is 0.335 e. The van der Waals surface area contributed by atoms with E-state index >= 15 is 0 Å². The summed E-state index contributed by atoms with van der Waals surface area (Å²) in [7, 11) is 0. The van der Waals surface area contributed by atoms with Crippen molar-refractivity contribution >= 4 is 17.4 Å². The fraction of sp³-hybridized carbons (Fsp3) is 0.273. The summed E-state index contributed by atoms with van der Waals surface area (Å²) in [4.78, 5) is 31.6. The standard InChI is InChI=1S/C11H11NO7/c1-5(13)6-2-3-7(8(4-6)12(18)19)9(14)10(15)11(16)17/h2-4,9-10,14-15H,1H3,(H,16,17). The quantitative estimate of drug-likeness (QED) is 0.396. The highest BCUT2D eigenvalue weighted by Crippen LogP contribution is 2.28. The molecule has 0 spiro atoms. The Hall–Kier alpha value is -2.32. The summed E-state index contributed by atoms with van der Waals surface area (Å²) in [6, 6.07) is 3.18. The van der Waals surface area contributed by atoms with Crippen molar-refractivity contribution in [3.63, 3.8) is 0 Å². The van der Waals surface area contributed by atoms with Gasteiger partial charge < -0.3 is 15.3 Å². The molecule has 1 aromatic rings. The molecule has 3 N–H and O–H groups in total. The van der Waals surface area contributed by atoms with E-state index in [2.05, 4.69) is 0 Å². The second kappa shape index (κ2) is 5.55. The minimum absolute atomic E-state index is 0.0486. The molecule has 0 aliphatic rings. The SMILES string of the molecule is CC(=O)c1ccc(C(O)C(O)C(=O)O)c([N+](=O)[O-])c1. The molecule has 0 amide bonds. The number of Topliss-reactive ketones (excluding diaryl/α,β-unsaturated/α-hetero) is 1. The predicted octanol–water partition coefficient (Wildman–Crippen LogP) is 0.276. The first-order chi connectivity index (χ1) is 8.75. The van der Waals surface area contributed by atoms with Crippen molar-refractivity contribution in [3.05, 3.63) is 39.4 Å². The average molecular weight is 269 g/mol. The number of nitrogens with zero attached hydrogens (tertiary/aromatic N) is 1. The van der Waals surface area contributed by atoms with Crippen LogP contribution in [0.5, 0.6) is 0 Å². The van der Waals surface area contributed by atoms with E-state index in [-0.39, 0.29) is 11.1 Å². The van der Waals surface area contributed by atoms with Crippen LogP contribution in [-0.4, -0.2) is 38.1 Å². The van der Waals surface area contributed by atoms with Crippen molar-refractivity contribution in [3.8, 4) is 0 Å². The van der Waals surface area contributed by atoms with Gasteiger partial charge in [0.25, 0.3) is 5.69 Å². The summed E-state index contributed by atoms with van der Waals surface area (Å²) in [5, 5.41) is 38.2. The number of aliphatic carboxylic acids is 1. The molecule has 0 saturated carbocycles. The van der Waals surface area contributed by atoms with Crippen molar-refractivity contribution in [2.24, 2.45) is 0 Å². The van der Waals surface area contributed by atoms with Crippen LogP contribution >= 0.6 is 0 Å². The average Bonchev–Trinajstić information content (AvgIpc) is 2.35. The van der Waals surface area contributed by atoms with Gasteiger partial charge in [-0.1, -0.05) is 6.07 Å². The highest BCUT2D eigenvalue weighted by Gasteiger charge is 2.31. The molecule has 19 heavy (non-hydrogen) atoms. The number of nitro benzene ring substituents is 1. The minimum Gasteiger partial charge on any atom is -0.479 e. The summed E-state index contributed by atoms with van der Waals surface area (Å²) in [6.45, 7) is 1.21. The Morgan fingerprint density at radius 1 is 1.32 bits per heavy atom. The Kier molecular flexibility index (Phi) is 4.30. The van der Waals surface area contributed by atoms with Gasteiger partial charge >= 0.3 is 5.97 Å². The van der Waals surface area contributed by atoms with Gasteiger partial charge in [-0.2, -0.15) is 0 Å². The Morgan fingerprint density at radius 3 is 2.32 bits per heavy atom. The zero-order chi connectivity index (χ0) is 14.7. The van der Waals surface area contributed by atoms with E-state index in [0.29, 0.717) is 0 Å². The largest absolute Gasteiger partial charge is 0.479 e. The van der Waals surface area contributed by atoms with Crippen LogP contribution in [0, 0.1) is 10.1 Å². The monoisotopic (exact) mass is 269 g/mol. The number of rotatable bonds is 5. The number of carbonyl (C=O) groups excluding carboxylic acids is 1. The van der Waals surface area contributed by atoms with E-state index in [1.165, 1.54) is 13.0 Å². The number of aliphatic hydroxyl groups is 2. The van der Waals surface area contributed by atoms with E-state index in [1.54, 1.807) is 0 Å². The highest BCUT2D eigenvalue weighted by atomic mass is 16.6. The molecular formula is C11H11NO7. The maximum Gasteiger partial charge on any atom is 0.335 e. The number of aliphatic hydroxyl groups excluding tert-OH is 2. The molecule has 0 fully saturated rings. The van der Waals surface area contributed by atoms with Crippen molar-refractivity contribution in [2.45, 2.75) is 19.1 Å². The Labute approximate surface area is 107 Å². The van der Waals surface area contributed by atoms with E-state index in [9.17, 15) is 29.9 Å². The number of carboxylic acids is 1. The maximum absolute atomic E-state index is 11.1. The number of carbonyl (C=O) groups is 2. The molecule has 0 bridgehead atoms. The van der Waals surface area contributed by atoms with Gasteiger partial charge in [0.15, 0.2) is 11.9 Å². The first kappa shape index (κ1) is 14.7. The minimum atomic E-state index is -2.19. The van der Waals surface area contributed by atoms with E-state index < -0.39 is 34.6 Å². The van der Waals surface area contributed by atoms with Gasteiger partial charge in [-0.3, -0.25) is 14.9 Å². The number of ketones is 1. The molecule has 0 radical (unpaired) electrons. The zero-order valence-corrected chi connectivity index (χ0v) is 9.81. The van der Waals surface area contributed by atoms with Crippen LogP contribution in [0.15, 0.2) is 18.2 Å². The van der Waals surface area contributed by atoms with Gasteiger partial charge in [0.2, 0.25) is 0 Å². The molecule has 0 aromatic heterocycles. The zero-order valence-electron chi connectivity index (χ0n) is 9.81. The topological polar surface area (TPSA) is 138 Å². The number of carboxylic acid groups (broad SMARTS) is 1. The lowest BCUT2D eigenvalue weighted by Crippen LogP contribution is -2.28. The summed E-state index contributed by atoms with van der Waals surface area (Å²) >= 11 is 0. The molecule has 8 heteroatoms. The Balaban J connectivity index is 3.31. The maximum atomic E-state index is 11.1. The van der Waals surface area contributed by atoms with Crippen LogP contribution in [0.2, 0.25) is 0 Å². The Morgan fingerprint density at radius 2 is 1.89 bits per heavy atom. The molecule has 1 rings (SSSR count). The third kappa shape index (κ3) is 3.12. The van der Waals surface area contributed by atoms with Gasteiger partial charge in [-0.25, -0.2) is 4.79 Å². The summed E-state index contributed by atoms with van der Waals surface area (Å²) in [5.41, 5.74) is -0.946. The van der Waals surface area contributed by atoms with E-state index in [0.717, 1.165) is 12.1 Å². The van der Waals surface area contributed by atoms with Gasteiger partial charge in [-0.05, 0) is 13.0 Å². The molecule has 0 heterocycles. The van der Waals surface area contributed by atoms with Crippen LogP contribution in [0.1, 0.15) is 28.9 Å². The fourth-order valence-corrected chi connectivity index (χ4v) is 1.48. The number of benzene rings is 1. The molecule has 2 atom stereocenters. The third-order valence-electron chi connectivity index (χ3n) is 2.50. The van der Waals surface area contributed by atoms with Crippen molar-refractivity contribution in [1.82, 2.24) is 0 Å². The van der Waals surface area contributed by atoms with Crippen LogP contribution in [0.4, 0.5) is 5.69 Å². The lowest BCUT2D eigenvalue weighted by molar-refractivity contribution is -0.386. The predicted molar refractivity (Wildman–Crippen MR) is 61.7 cm³/mol. The normalized spacial score (nSPS) is 13.6. The first-order valence-electron chi connectivity index (χ1n) is 5.14. The molecule has 1 aromatic carbocycles. The first-order valence-corrected chi connectivity index (χ1v) is 5.14. The van der Waals surface area contributed by atoms with Gasteiger partial charge in [-0.15, -0.1) is 0 Å². The second-order valence-corrected chi connectivity index (χ2v) is 3.81. The van der Waals surface area contributed by atoms with E-state index in [4.69, 9.17) is 5.11 Å². The highest BCUT2D eigenvalue weighted by molar-refractivity contribution is 5.94. The van der Waals surface area contributed by atoms with Gasteiger partial charge in [0.05, 0.1) is 10.5 Å². The number of nitro groups is 1. The fourth-order valence-electron chi connectivity index (χ4n) is 1.48. The van der Waals surface area contributed by atoms with Crippen molar-refractivity contribution in [2.75, 3.05) is 0 Å². The third-order valence-corrected chi connectivity index (χ3v) is 2.50. The van der Waals surface area contributed by atoms with E-state index in [1.807, 2.05) is 0 Å². The molecule has 0 saturated heterocycles. The van der Waals surface area contributed by atoms with Crippen LogP contribution < -0.4 is 0 Å². The van der Waals surface area contributed by atoms with Gasteiger partial charge in [0.1, 0.15) is 6.10 Å². The summed E-state index contributed by atoms with van der Waals surface area (Å²) < 4.78 is 0. The summed E-state index contributed by atoms with van der Waals surface area (Å²) in [5.74, 6) is -2.12. The van der Waals surface area contributed by atoms with Crippen molar-refractivity contribution in [1.29, 1.82) is 0 Å². The number of hydrogen-bond acceptors (Lipinski definition) is 6. The molecule has 2 unspecified atom stereocenters. The van der Waals surface area contributed by atoms with Crippen LogP contribution in [-0.2, 0) is 4.79 Å². The summed E-state index contributed by atoms with van der Waals surface area (Å²) in [6.07, 6.45) is -4.15. The molecule has 0 aliphatic heterocycles. The van der Waals surface area contributed by atoms with Crippen LogP contribution in [0.3, 0.4) is 0 Å². The number of hydrogen-bond donors (Lipinski definition) is 3. The van der Waals surface area contributed by atoms with Gasteiger partial charge in [0, 0.05) is 11.6 Å².